The monoisotopic (exact) mass is 403 g/mol. The first-order valence-electron chi connectivity index (χ1n) is 9.93. The lowest BCUT2D eigenvalue weighted by molar-refractivity contribution is 1.10. The summed E-state index contributed by atoms with van der Waals surface area (Å²) in [5.41, 5.74) is 8.35. The Bertz CT molecular complexity index is 1550. The molecule has 0 amide bonds. The smallest absolute Gasteiger partial charge is 0.178 e. The van der Waals surface area contributed by atoms with E-state index in [1.807, 2.05) is 42.6 Å². The zero-order valence-corrected chi connectivity index (χ0v) is 16.7. The maximum Gasteiger partial charge on any atom is 0.178 e. The van der Waals surface area contributed by atoms with Gasteiger partial charge in [-0.15, -0.1) is 0 Å². The minimum absolute atomic E-state index is 0.633. The summed E-state index contributed by atoms with van der Waals surface area (Å²) in [5, 5.41) is 8.64. The molecule has 0 radical (unpaired) electrons. The number of aryl methyl sites for hydroxylation is 1. The van der Waals surface area contributed by atoms with Crippen molar-refractivity contribution in [2.45, 2.75) is 6.92 Å². The van der Waals surface area contributed by atoms with E-state index in [0.29, 0.717) is 11.5 Å². The summed E-state index contributed by atoms with van der Waals surface area (Å²) < 4.78 is 0. The van der Waals surface area contributed by atoms with E-state index in [-0.39, 0.29) is 0 Å². The topological polar surface area (TPSA) is 96.0 Å². The van der Waals surface area contributed by atoms with Crippen molar-refractivity contribution in [2.24, 2.45) is 0 Å². The van der Waals surface area contributed by atoms with Crippen molar-refractivity contribution in [1.29, 1.82) is 0 Å². The number of pyridine rings is 3. The van der Waals surface area contributed by atoms with Crippen LogP contribution in [-0.2, 0) is 0 Å². The normalized spacial score (nSPS) is 11.4. The standard InChI is InChI=1S/C24H17N7/c1-14-7-10-25-13-18(14)15-5-6-20-17(12-15)22(31-30-20)24-28-21-16(8-11-27-23(21)29-24)19-4-2-3-9-26-19/h2-13H,1H3,(H,30,31)(H,27,28,29). The molecule has 0 aliphatic heterocycles. The molecule has 0 aliphatic rings. The number of nitrogens with zero attached hydrogens (tertiary/aromatic N) is 5. The molecule has 0 fully saturated rings. The Labute approximate surface area is 177 Å². The maximum absolute atomic E-state index is 4.72. The van der Waals surface area contributed by atoms with Crippen LogP contribution in [-0.4, -0.2) is 35.1 Å². The van der Waals surface area contributed by atoms with Gasteiger partial charge in [-0.2, -0.15) is 5.10 Å². The Morgan fingerprint density at radius 1 is 0.871 bits per heavy atom. The fourth-order valence-corrected chi connectivity index (χ4v) is 3.89. The molecule has 7 nitrogen and oxygen atoms in total. The van der Waals surface area contributed by atoms with E-state index < -0.39 is 0 Å². The molecule has 0 aliphatic carbocycles. The average molecular weight is 403 g/mol. The second kappa shape index (κ2) is 6.84. The van der Waals surface area contributed by atoms with Crippen molar-refractivity contribution in [3.8, 4) is 33.9 Å². The minimum atomic E-state index is 0.633. The van der Waals surface area contributed by atoms with Crippen molar-refractivity contribution in [2.75, 3.05) is 0 Å². The molecular weight excluding hydrogens is 386 g/mol. The van der Waals surface area contributed by atoms with Crippen LogP contribution in [0, 0.1) is 6.92 Å². The Hall–Kier alpha value is -4.39. The molecule has 31 heavy (non-hydrogen) atoms. The third-order valence-corrected chi connectivity index (χ3v) is 5.47. The van der Waals surface area contributed by atoms with Gasteiger partial charge < -0.3 is 4.98 Å². The maximum atomic E-state index is 4.72. The number of hydrogen-bond acceptors (Lipinski definition) is 5. The minimum Gasteiger partial charge on any atom is -0.335 e. The molecule has 0 unspecified atom stereocenters. The first-order valence-corrected chi connectivity index (χ1v) is 9.93. The molecule has 0 saturated carbocycles. The first kappa shape index (κ1) is 17.5. The van der Waals surface area contributed by atoms with Crippen molar-refractivity contribution < 1.29 is 0 Å². The van der Waals surface area contributed by atoms with E-state index >= 15 is 0 Å². The van der Waals surface area contributed by atoms with E-state index in [1.165, 1.54) is 5.56 Å². The molecular formula is C24H17N7. The fourth-order valence-electron chi connectivity index (χ4n) is 3.89. The van der Waals surface area contributed by atoms with Gasteiger partial charge in [0, 0.05) is 41.3 Å². The molecule has 6 rings (SSSR count). The second-order valence-electron chi connectivity index (χ2n) is 7.38. The first-order chi connectivity index (χ1) is 15.3. The van der Waals surface area contributed by atoms with Crippen molar-refractivity contribution >= 4 is 22.1 Å². The third kappa shape index (κ3) is 2.86. The van der Waals surface area contributed by atoms with Crippen LogP contribution in [0.5, 0.6) is 0 Å². The molecule has 5 aromatic heterocycles. The number of imidazole rings is 1. The van der Waals surface area contributed by atoms with E-state index in [0.717, 1.165) is 44.5 Å². The van der Waals surface area contributed by atoms with Crippen LogP contribution >= 0.6 is 0 Å². The molecule has 0 atom stereocenters. The zero-order chi connectivity index (χ0) is 20.8. The van der Waals surface area contributed by atoms with Crippen LogP contribution in [0.2, 0.25) is 0 Å². The Kier molecular flexibility index (Phi) is 3.86. The number of H-pyrrole nitrogens is 2. The Morgan fingerprint density at radius 3 is 2.71 bits per heavy atom. The summed E-state index contributed by atoms with van der Waals surface area (Å²) in [5.74, 6) is 0.664. The van der Waals surface area contributed by atoms with Gasteiger partial charge in [-0.25, -0.2) is 9.97 Å². The number of aromatic nitrogens is 7. The predicted octanol–water partition coefficient (Wildman–Crippen LogP) is 4.93. The summed E-state index contributed by atoms with van der Waals surface area (Å²) in [4.78, 5) is 21.3. The highest BCUT2D eigenvalue weighted by Crippen LogP contribution is 2.32. The molecule has 1 aromatic carbocycles. The highest BCUT2D eigenvalue weighted by molar-refractivity contribution is 5.97. The SMILES string of the molecule is Cc1ccncc1-c1ccc2[nH]nc(-c3nc4nccc(-c5ccccn5)c4[nH]3)c2c1. The van der Waals surface area contributed by atoms with E-state index in [4.69, 9.17) is 4.98 Å². The molecule has 0 spiro atoms. The lowest BCUT2D eigenvalue weighted by Crippen LogP contribution is -1.86. The summed E-state index contributed by atoms with van der Waals surface area (Å²) in [6.45, 7) is 2.08. The van der Waals surface area contributed by atoms with Crippen molar-refractivity contribution in [3.63, 3.8) is 0 Å². The van der Waals surface area contributed by atoms with Crippen molar-refractivity contribution in [1.82, 2.24) is 35.1 Å². The van der Waals surface area contributed by atoms with E-state index in [2.05, 4.69) is 49.2 Å². The van der Waals surface area contributed by atoms with Gasteiger partial charge >= 0.3 is 0 Å². The number of hydrogen-bond donors (Lipinski definition) is 2. The highest BCUT2D eigenvalue weighted by Gasteiger charge is 2.16. The van der Waals surface area contributed by atoms with Crippen LogP contribution < -0.4 is 0 Å². The van der Waals surface area contributed by atoms with Crippen LogP contribution in [0.25, 0.3) is 56.0 Å². The largest absolute Gasteiger partial charge is 0.335 e. The lowest BCUT2D eigenvalue weighted by Gasteiger charge is -2.05. The zero-order valence-electron chi connectivity index (χ0n) is 16.7. The molecule has 148 valence electrons. The number of nitrogens with one attached hydrogen (secondary N) is 2. The van der Waals surface area contributed by atoms with Crippen molar-refractivity contribution in [3.05, 3.63) is 78.9 Å². The second-order valence-corrected chi connectivity index (χ2v) is 7.38. The van der Waals surface area contributed by atoms with Crippen LogP contribution in [0.15, 0.2) is 73.3 Å². The molecule has 0 bridgehead atoms. The number of fused-ring (bicyclic) bond motifs is 2. The van der Waals surface area contributed by atoms with Crippen LogP contribution in [0.1, 0.15) is 5.56 Å². The Morgan fingerprint density at radius 2 is 1.84 bits per heavy atom. The molecule has 7 heteroatoms. The molecule has 5 heterocycles. The molecule has 0 saturated heterocycles. The lowest BCUT2D eigenvalue weighted by atomic mass is 10.0. The Balaban J connectivity index is 1.52. The van der Waals surface area contributed by atoms with Crippen LogP contribution in [0.3, 0.4) is 0 Å². The van der Waals surface area contributed by atoms with Gasteiger partial charge in [0.2, 0.25) is 0 Å². The molecule has 6 aromatic rings. The van der Waals surface area contributed by atoms with E-state index in [9.17, 15) is 0 Å². The van der Waals surface area contributed by atoms with Gasteiger partial charge in [-0.05, 0) is 54.4 Å². The average Bonchev–Trinajstić information content (AvgIpc) is 3.43. The number of rotatable bonds is 3. The number of benzene rings is 1. The summed E-state index contributed by atoms with van der Waals surface area (Å²) in [6, 6.07) is 16.0. The van der Waals surface area contributed by atoms with Gasteiger partial charge in [0.25, 0.3) is 0 Å². The van der Waals surface area contributed by atoms with Gasteiger partial charge in [0.05, 0.1) is 16.7 Å². The van der Waals surface area contributed by atoms with Gasteiger partial charge in [-0.1, -0.05) is 12.1 Å². The van der Waals surface area contributed by atoms with Gasteiger partial charge in [-0.3, -0.25) is 15.1 Å². The quantitative estimate of drug-likeness (QED) is 0.437. The molecule has 2 N–H and O–H groups in total. The summed E-state index contributed by atoms with van der Waals surface area (Å²) in [6.07, 6.45) is 7.23. The highest BCUT2D eigenvalue weighted by atomic mass is 15.1. The van der Waals surface area contributed by atoms with Crippen LogP contribution in [0.4, 0.5) is 0 Å². The number of aromatic amines is 2. The third-order valence-electron chi connectivity index (χ3n) is 5.47. The summed E-state index contributed by atoms with van der Waals surface area (Å²) in [7, 11) is 0. The summed E-state index contributed by atoms with van der Waals surface area (Å²) >= 11 is 0. The predicted molar refractivity (Wildman–Crippen MR) is 120 cm³/mol. The fraction of sp³-hybridized carbons (Fsp3) is 0.0417. The van der Waals surface area contributed by atoms with E-state index in [1.54, 1.807) is 18.6 Å². The van der Waals surface area contributed by atoms with Gasteiger partial charge in [0.1, 0.15) is 5.69 Å². The van der Waals surface area contributed by atoms with Gasteiger partial charge in [0.15, 0.2) is 11.5 Å².